The lowest BCUT2D eigenvalue weighted by atomic mass is 9.83. The van der Waals surface area contributed by atoms with Crippen LogP contribution in [0.15, 0.2) is 64.0 Å². The summed E-state index contributed by atoms with van der Waals surface area (Å²) in [5.74, 6) is -1.10. The molecule has 3 aromatic heterocycles. The SMILES string of the molecule is CC(C)(C)C(=O)C1=C(O)C(=O)N(c2ccc(-c3ccon3)cn2)C1c1cccs1. The summed E-state index contributed by atoms with van der Waals surface area (Å²) in [6.45, 7) is 5.29. The van der Waals surface area contributed by atoms with Crippen molar-refractivity contribution in [2.24, 2.45) is 5.41 Å². The number of carbonyl (C=O) groups is 2. The van der Waals surface area contributed by atoms with Gasteiger partial charge in [0, 0.05) is 28.1 Å². The number of aromatic nitrogens is 2. The number of aliphatic hydroxyl groups excluding tert-OH is 1. The summed E-state index contributed by atoms with van der Waals surface area (Å²) in [6, 6.07) is 8.10. The first-order chi connectivity index (χ1) is 13.8. The van der Waals surface area contributed by atoms with Gasteiger partial charge in [-0.1, -0.05) is 32.0 Å². The molecule has 4 heterocycles. The smallest absolute Gasteiger partial charge is 0.295 e. The van der Waals surface area contributed by atoms with E-state index in [0.29, 0.717) is 11.5 Å². The Hall–Kier alpha value is -3.26. The molecule has 0 radical (unpaired) electrons. The average Bonchev–Trinajstić information content (AvgIpc) is 3.43. The molecule has 8 heteroatoms. The van der Waals surface area contributed by atoms with Crippen molar-refractivity contribution in [3.05, 3.63) is 64.4 Å². The summed E-state index contributed by atoms with van der Waals surface area (Å²) >= 11 is 1.41. The summed E-state index contributed by atoms with van der Waals surface area (Å²) in [4.78, 5) is 32.6. The van der Waals surface area contributed by atoms with Gasteiger partial charge in [0.25, 0.3) is 5.91 Å². The van der Waals surface area contributed by atoms with Gasteiger partial charge in [-0.3, -0.25) is 14.5 Å². The maximum absolute atomic E-state index is 13.1. The van der Waals surface area contributed by atoms with E-state index >= 15 is 0 Å². The van der Waals surface area contributed by atoms with Crippen LogP contribution in [0.2, 0.25) is 0 Å². The number of hydrogen-bond donors (Lipinski definition) is 1. The van der Waals surface area contributed by atoms with E-state index in [1.165, 1.54) is 22.5 Å². The molecule has 1 N–H and O–H groups in total. The van der Waals surface area contributed by atoms with Crippen molar-refractivity contribution < 1.29 is 19.2 Å². The molecule has 0 saturated heterocycles. The van der Waals surface area contributed by atoms with E-state index in [1.807, 2.05) is 17.5 Å². The zero-order valence-electron chi connectivity index (χ0n) is 16.1. The zero-order chi connectivity index (χ0) is 20.8. The first-order valence-electron chi connectivity index (χ1n) is 9.00. The highest BCUT2D eigenvalue weighted by Crippen LogP contribution is 2.44. The summed E-state index contributed by atoms with van der Waals surface area (Å²) in [7, 11) is 0. The van der Waals surface area contributed by atoms with Crippen LogP contribution in [0, 0.1) is 5.41 Å². The number of amides is 1. The third-order valence-electron chi connectivity index (χ3n) is 4.67. The highest BCUT2D eigenvalue weighted by molar-refractivity contribution is 7.10. The lowest BCUT2D eigenvalue weighted by Gasteiger charge is -2.27. The minimum Gasteiger partial charge on any atom is -0.503 e. The van der Waals surface area contributed by atoms with Crippen LogP contribution in [-0.4, -0.2) is 26.9 Å². The van der Waals surface area contributed by atoms with Crippen LogP contribution in [-0.2, 0) is 9.59 Å². The molecule has 1 aliphatic heterocycles. The highest BCUT2D eigenvalue weighted by atomic mass is 32.1. The molecule has 1 amide bonds. The van der Waals surface area contributed by atoms with Crippen molar-refractivity contribution in [2.45, 2.75) is 26.8 Å². The first-order valence-corrected chi connectivity index (χ1v) is 9.88. The Morgan fingerprint density at radius 2 is 2.03 bits per heavy atom. The number of aliphatic hydroxyl groups is 1. The molecule has 0 spiro atoms. The molecular formula is C21H19N3O4S. The largest absolute Gasteiger partial charge is 0.503 e. The third kappa shape index (κ3) is 3.25. The molecule has 0 fully saturated rings. The molecule has 0 aliphatic carbocycles. The van der Waals surface area contributed by atoms with E-state index in [0.717, 1.165) is 10.4 Å². The fourth-order valence-corrected chi connectivity index (χ4v) is 4.06. The topological polar surface area (TPSA) is 96.5 Å². The minimum absolute atomic E-state index is 0.104. The summed E-state index contributed by atoms with van der Waals surface area (Å²) in [6.07, 6.45) is 3.04. The van der Waals surface area contributed by atoms with E-state index in [2.05, 4.69) is 10.1 Å². The Morgan fingerprint density at radius 3 is 2.59 bits per heavy atom. The van der Waals surface area contributed by atoms with Crippen LogP contribution < -0.4 is 4.90 Å². The number of carbonyl (C=O) groups excluding carboxylic acids is 2. The quantitative estimate of drug-likeness (QED) is 0.690. The molecule has 0 saturated carbocycles. The predicted molar refractivity (Wildman–Crippen MR) is 108 cm³/mol. The number of thiophene rings is 1. The van der Waals surface area contributed by atoms with Crippen molar-refractivity contribution in [3.63, 3.8) is 0 Å². The van der Waals surface area contributed by atoms with E-state index in [4.69, 9.17) is 4.52 Å². The molecule has 1 atom stereocenters. The molecule has 1 aliphatic rings. The molecule has 0 aromatic carbocycles. The van der Waals surface area contributed by atoms with Gasteiger partial charge >= 0.3 is 0 Å². The summed E-state index contributed by atoms with van der Waals surface area (Å²) in [5.41, 5.74) is 0.702. The van der Waals surface area contributed by atoms with Crippen molar-refractivity contribution >= 4 is 28.8 Å². The van der Waals surface area contributed by atoms with Crippen molar-refractivity contribution in [3.8, 4) is 11.3 Å². The van der Waals surface area contributed by atoms with Crippen LogP contribution in [0.1, 0.15) is 31.7 Å². The van der Waals surface area contributed by atoms with Gasteiger partial charge in [0.15, 0.2) is 11.5 Å². The maximum Gasteiger partial charge on any atom is 0.295 e. The fourth-order valence-electron chi connectivity index (χ4n) is 3.24. The van der Waals surface area contributed by atoms with Gasteiger partial charge in [0.2, 0.25) is 0 Å². The lowest BCUT2D eigenvalue weighted by molar-refractivity contribution is -0.123. The summed E-state index contributed by atoms with van der Waals surface area (Å²) < 4.78 is 4.85. The fraction of sp³-hybridized carbons (Fsp3) is 0.238. The standard InChI is InChI=1S/C21H19N3O4S/c1-21(2,3)19(26)16-17(14-5-4-10-29-14)24(20(27)18(16)25)15-7-6-12(11-22-15)13-8-9-28-23-13/h4-11,17,25H,1-3H3. The number of pyridine rings is 1. The van der Waals surface area contributed by atoms with Crippen molar-refractivity contribution in [1.82, 2.24) is 10.1 Å². The van der Waals surface area contributed by atoms with Gasteiger partial charge < -0.3 is 9.63 Å². The number of hydrogen-bond acceptors (Lipinski definition) is 7. The Morgan fingerprint density at radius 1 is 1.24 bits per heavy atom. The van der Waals surface area contributed by atoms with E-state index in [-0.39, 0.29) is 11.4 Å². The second-order valence-electron chi connectivity index (χ2n) is 7.72. The second-order valence-corrected chi connectivity index (χ2v) is 8.70. The minimum atomic E-state index is -0.751. The van der Waals surface area contributed by atoms with Crippen LogP contribution in [0.25, 0.3) is 11.3 Å². The van der Waals surface area contributed by atoms with Gasteiger partial charge in [-0.05, 0) is 23.6 Å². The molecule has 29 heavy (non-hydrogen) atoms. The molecule has 4 rings (SSSR count). The molecule has 7 nitrogen and oxygen atoms in total. The van der Waals surface area contributed by atoms with Gasteiger partial charge in [-0.15, -0.1) is 11.3 Å². The number of nitrogens with zero attached hydrogens (tertiary/aromatic N) is 3. The Bertz CT molecular complexity index is 1080. The van der Waals surface area contributed by atoms with E-state index in [9.17, 15) is 14.7 Å². The van der Waals surface area contributed by atoms with E-state index in [1.54, 1.807) is 45.2 Å². The second kappa shape index (κ2) is 6.97. The lowest BCUT2D eigenvalue weighted by Crippen LogP contribution is -2.32. The van der Waals surface area contributed by atoms with Crippen LogP contribution in [0.4, 0.5) is 5.82 Å². The number of ketones is 1. The number of Topliss-reactive ketones (excluding diaryl/α,β-unsaturated/α-hetero) is 1. The average molecular weight is 409 g/mol. The van der Waals surface area contributed by atoms with Gasteiger partial charge in [-0.2, -0.15) is 0 Å². The molecule has 0 bridgehead atoms. The Kier molecular flexibility index (Phi) is 4.58. The Balaban J connectivity index is 1.79. The predicted octanol–water partition coefficient (Wildman–Crippen LogP) is 4.31. The first kappa shape index (κ1) is 19.1. The molecule has 3 aromatic rings. The van der Waals surface area contributed by atoms with Gasteiger partial charge in [0.1, 0.15) is 23.8 Å². The highest BCUT2D eigenvalue weighted by Gasteiger charge is 2.47. The zero-order valence-corrected chi connectivity index (χ0v) is 16.9. The van der Waals surface area contributed by atoms with Crippen molar-refractivity contribution in [2.75, 3.05) is 4.90 Å². The van der Waals surface area contributed by atoms with Crippen LogP contribution >= 0.6 is 11.3 Å². The van der Waals surface area contributed by atoms with Crippen molar-refractivity contribution in [1.29, 1.82) is 0 Å². The maximum atomic E-state index is 13.1. The Labute approximate surface area is 171 Å². The third-order valence-corrected chi connectivity index (χ3v) is 5.60. The number of anilines is 1. The monoisotopic (exact) mass is 409 g/mol. The molecule has 148 valence electrons. The van der Waals surface area contributed by atoms with Crippen LogP contribution in [0.5, 0.6) is 0 Å². The molecule has 1 unspecified atom stereocenters. The van der Waals surface area contributed by atoms with Gasteiger partial charge in [0.05, 0.1) is 5.57 Å². The molecular weight excluding hydrogens is 390 g/mol. The number of rotatable bonds is 4. The normalized spacial score (nSPS) is 17.3. The van der Waals surface area contributed by atoms with Crippen LogP contribution in [0.3, 0.4) is 0 Å². The summed E-state index contributed by atoms with van der Waals surface area (Å²) in [5, 5.41) is 16.4. The van der Waals surface area contributed by atoms with E-state index < -0.39 is 23.1 Å². The van der Waals surface area contributed by atoms with Gasteiger partial charge in [-0.25, -0.2) is 4.98 Å².